The van der Waals surface area contributed by atoms with Crippen LogP contribution in [-0.2, 0) is 16.0 Å². The van der Waals surface area contributed by atoms with Crippen molar-refractivity contribution < 1.29 is 19.4 Å². The van der Waals surface area contributed by atoms with E-state index < -0.39 is 12.1 Å². The summed E-state index contributed by atoms with van der Waals surface area (Å²) in [5.41, 5.74) is 1.13. The standard InChI is InChI=1S/C14H20O4/c1-10(15)4-5-12-6-8-13(9-7-12)18-11(2)14(16)17-3/h6-11,15H,4-5H2,1-3H3. The molecule has 0 bridgehead atoms. The van der Waals surface area contributed by atoms with Gasteiger partial charge in [0.05, 0.1) is 13.2 Å². The quantitative estimate of drug-likeness (QED) is 0.786. The zero-order chi connectivity index (χ0) is 13.5. The van der Waals surface area contributed by atoms with E-state index in [1.165, 1.54) is 7.11 Å². The smallest absolute Gasteiger partial charge is 0.346 e. The first-order valence-electron chi connectivity index (χ1n) is 6.04. The number of aliphatic hydroxyl groups is 1. The molecule has 0 radical (unpaired) electrons. The van der Waals surface area contributed by atoms with Crippen molar-refractivity contribution in [3.8, 4) is 5.75 Å². The molecule has 4 nitrogen and oxygen atoms in total. The van der Waals surface area contributed by atoms with Crippen molar-refractivity contribution in [2.75, 3.05) is 7.11 Å². The van der Waals surface area contributed by atoms with Gasteiger partial charge in [-0.2, -0.15) is 0 Å². The molecule has 18 heavy (non-hydrogen) atoms. The van der Waals surface area contributed by atoms with Crippen LogP contribution in [0.15, 0.2) is 24.3 Å². The van der Waals surface area contributed by atoms with Crippen LogP contribution in [0.3, 0.4) is 0 Å². The minimum Gasteiger partial charge on any atom is -0.479 e. The Labute approximate surface area is 108 Å². The monoisotopic (exact) mass is 252 g/mol. The fourth-order valence-electron chi connectivity index (χ4n) is 1.53. The highest BCUT2D eigenvalue weighted by molar-refractivity contribution is 5.74. The molecule has 2 atom stereocenters. The van der Waals surface area contributed by atoms with Gasteiger partial charge < -0.3 is 14.6 Å². The van der Waals surface area contributed by atoms with Crippen molar-refractivity contribution in [3.05, 3.63) is 29.8 Å². The molecule has 2 unspecified atom stereocenters. The molecular formula is C14H20O4. The first kappa shape index (κ1) is 14.5. The van der Waals surface area contributed by atoms with E-state index >= 15 is 0 Å². The predicted octanol–water partition coefficient (Wildman–Crippen LogP) is 1.94. The van der Waals surface area contributed by atoms with Gasteiger partial charge >= 0.3 is 5.97 Å². The maximum Gasteiger partial charge on any atom is 0.346 e. The Morgan fingerprint density at radius 1 is 1.28 bits per heavy atom. The Morgan fingerprint density at radius 2 is 1.89 bits per heavy atom. The molecule has 1 rings (SSSR count). The number of methoxy groups -OCH3 is 1. The van der Waals surface area contributed by atoms with E-state index in [-0.39, 0.29) is 6.10 Å². The van der Waals surface area contributed by atoms with E-state index in [4.69, 9.17) is 4.74 Å². The van der Waals surface area contributed by atoms with Gasteiger partial charge in [-0.25, -0.2) is 4.79 Å². The summed E-state index contributed by atoms with van der Waals surface area (Å²) in [6, 6.07) is 7.50. The molecule has 4 heteroatoms. The second-order valence-electron chi connectivity index (χ2n) is 4.31. The first-order chi connectivity index (χ1) is 8.52. The lowest BCUT2D eigenvalue weighted by Crippen LogP contribution is -2.24. The third kappa shape index (κ3) is 4.75. The molecule has 0 saturated carbocycles. The Hall–Kier alpha value is -1.55. The van der Waals surface area contributed by atoms with Crippen LogP contribution in [-0.4, -0.2) is 30.4 Å². The highest BCUT2D eigenvalue weighted by atomic mass is 16.6. The molecule has 0 heterocycles. The van der Waals surface area contributed by atoms with E-state index in [0.29, 0.717) is 5.75 Å². The van der Waals surface area contributed by atoms with Crippen LogP contribution >= 0.6 is 0 Å². The molecular weight excluding hydrogens is 232 g/mol. The second kappa shape index (κ2) is 7.01. The summed E-state index contributed by atoms with van der Waals surface area (Å²) >= 11 is 0. The van der Waals surface area contributed by atoms with Gasteiger partial charge in [-0.05, 0) is 44.4 Å². The third-order valence-electron chi connectivity index (χ3n) is 2.62. The summed E-state index contributed by atoms with van der Waals surface area (Å²) in [5, 5.41) is 9.20. The molecule has 100 valence electrons. The van der Waals surface area contributed by atoms with Crippen molar-refractivity contribution in [1.82, 2.24) is 0 Å². The van der Waals surface area contributed by atoms with Gasteiger partial charge in [0.15, 0.2) is 6.10 Å². The summed E-state index contributed by atoms with van der Waals surface area (Å²) in [6.45, 7) is 3.42. The van der Waals surface area contributed by atoms with E-state index in [9.17, 15) is 9.90 Å². The Morgan fingerprint density at radius 3 is 2.39 bits per heavy atom. The van der Waals surface area contributed by atoms with E-state index in [2.05, 4.69) is 4.74 Å². The maximum atomic E-state index is 11.2. The predicted molar refractivity (Wildman–Crippen MR) is 68.5 cm³/mol. The molecule has 0 aliphatic heterocycles. The molecule has 0 spiro atoms. The van der Waals surface area contributed by atoms with Gasteiger partial charge in [0.25, 0.3) is 0 Å². The minimum atomic E-state index is -0.613. The van der Waals surface area contributed by atoms with Crippen LogP contribution in [0.25, 0.3) is 0 Å². The van der Waals surface area contributed by atoms with E-state index in [1.807, 2.05) is 24.3 Å². The van der Waals surface area contributed by atoms with Crippen LogP contribution in [0.1, 0.15) is 25.8 Å². The average Bonchev–Trinajstić information content (AvgIpc) is 2.36. The first-order valence-corrected chi connectivity index (χ1v) is 6.04. The van der Waals surface area contributed by atoms with Crippen molar-refractivity contribution >= 4 is 5.97 Å². The molecule has 0 aliphatic carbocycles. The number of carbonyl (C=O) groups is 1. The number of aryl methyl sites for hydroxylation is 1. The Balaban J connectivity index is 2.52. The van der Waals surface area contributed by atoms with Crippen molar-refractivity contribution in [2.45, 2.75) is 38.9 Å². The van der Waals surface area contributed by atoms with Crippen molar-refractivity contribution in [1.29, 1.82) is 0 Å². The van der Waals surface area contributed by atoms with E-state index in [0.717, 1.165) is 18.4 Å². The zero-order valence-corrected chi connectivity index (χ0v) is 11.1. The lowest BCUT2D eigenvalue weighted by Gasteiger charge is -2.12. The molecule has 0 amide bonds. The summed E-state index contributed by atoms with van der Waals surface area (Å²) in [6.07, 6.45) is 0.655. The largest absolute Gasteiger partial charge is 0.479 e. The van der Waals surface area contributed by atoms with Gasteiger partial charge in [-0.3, -0.25) is 0 Å². The van der Waals surface area contributed by atoms with Gasteiger partial charge in [0.1, 0.15) is 5.75 Å². The van der Waals surface area contributed by atoms with Crippen molar-refractivity contribution in [3.63, 3.8) is 0 Å². The number of rotatable bonds is 6. The number of hydrogen-bond donors (Lipinski definition) is 1. The van der Waals surface area contributed by atoms with Crippen LogP contribution in [0.4, 0.5) is 0 Å². The summed E-state index contributed by atoms with van der Waals surface area (Å²) in [5.74, 6) is 0.238. The molecule has 1 N–H and O–H groups in total. The van der Waals surface area contributed by atoms with Gasteiger partial charge in [0, 0.05) is 0 Å². The Kier molecular flexibility index (Phi) is 5.65. The highest BCUT2D eigenvalue weighted by Crippen LogP contribution is 2.15. The zero-order valence-electron chi connectivity index (χ0n) is 11.1. The molecule has 0 aromatic heterocycles. The second-order valence-corrected chi connectivity index (χ2v) is 4.31. The number of esters is 1. The molecule has 0 aliphatic rings. The lowest BCUT2D eigenvalue weighted by molar-refractivity contribution is -0.147. The lowest BCUT2D eigenvalue weighted by atomic mass is 10.1. The summed E-state index contributed by atoms with van der Waals surface area (Å²) < 4.78 is 10.0. The van der Waals surface area contributed by atoms with Crippen LogP contribution in [0.2, 0.25) is 0 Å². The van der Waals surface area contributed by atoms with Gasteiger partial charge in [0.2, 0.25) is 0 Å². The summed E-state index contributed by atoms with van der Waals surface area (Å²) in [4.78, 5) is 11.2. The van der Waals surface area contributed by atoms with Crippen LogP contribution in [0, 0.1) is 0 Å². The molecule has 1 aromatic carbocycles. The summed E-state index contributed by atoms with van der Waals surface area (Å²) in [7, 11) is 1.33. The minimum absolute atomic E-state index is 0.291. The molecule has 0 fully saturated rings. The number of ether oxygens (including phenoxy) is 2. The van der Waals surface area contributed by atoms with Crippen molar-refractivity contribution in [2.24, 2.45) is 0 Å². The SMILES string of the molecule is COC(=O)C(C)Oc1ccc(CCC(C)O)cc1. The third-order valence-corrected chi connectivity index (χ3v) is 2.62. The van der Waals surface area contributed by atoms with E-state index in [1.54, 1.807) is 13.8 Å². The number of hydrogen-bond acceptors (Lipinski definition) is 4. The number of benzene rings is 1. The van der Waals surface area contributed by atoms with Crippen LogP contribution < -0.4 is 4.74 Å². The molecule has 1 aromatic rings. The molecule has 0 saturated heterocycles. The highest BCUT2D eigenvalue weighted by Gasteiger charge is 2.14. The fourth-order valence-corrected chi connectivity index (χ4v) is 1.53. The maximum absolute atomic E-state index is 11.2. The van der Waals surface area contributed by atoms with Gasteiger partial charge in [-0.1, -0.05) is 12.1 Å². The Bertz CT molecular complexity index is 370. The number of carbonyl (C=O) groups excluding carboxylic acids is 1. The fraction of sp³-hybridized carbons (Fsp3) is 0.500. The average molecular weight is 252 g/mol. The topological polar surface area (TPSA) is 55.8 Å². The van der Waals surface area contributed by atoms with Crippen LogP contribution in [0.5, 0.6) is 5.75 Å². The normalized spacial score (nSPS) is 13.8. The van der Waals surface area contributed by atoms with Gasteiger partial charge in [-0.15, -0.1) is 0 Å². The number of aliphatic hydroxyl groups excluding tert-OH is 1.